The van der Waals surface area contributed by atoms with E-state index in [-0.39, 0.29) is 17.9 Å². The molecule has 2 N–H and O–H groups in total. The van der Waals surface area contributed by atoms with E-state index in [1.807, 2.05) is 32.9 Å². The molecule has 19 heavy (non-hydrogen) atoms. The van der Waals surface area contributed by atoms with Crippen molar-refractivity contribution in [2.45, 2.75) is 46.2 Å². The van der Waals surface area contributed by atoms with Gasteiger partial charge in [-0.2, -0.15) is 0 Å². The zero-order chi connectivity index (χ0) is 14.4. The molecule has 2 unspecified atom stereocenters. The number of hydrogen-bond acceptors (Lipinski definition) is 2. The Bertz CT molecular complexity index is 457. The van der Waals surface area contributed by atoms with E-state index in [2.05, 4.69) is 10.6 Å². The van der Waals surface area contributed by atoms with E-state index >= 15 is 0 Å². The number of nitrogens with one attached hydrogen (secondary N) is 2. The summed E-state index contributed by atoms with van der Waals surface area (Å²) >= 11 is 0. The summed E-state index contributed by atoms with van der Waals surface area (Å²) in [6.45, 7) is 7.55. The molecule has 0 fully saturated rings. The lowest BCUT2D eigenvalue weighted by Gasteiger charge is -2.17. The zero-order valence-corrected chi connectivity index (χ0v) is 12.0. The summed E-state index contributed by atoms with van der Waals surface area (Å²) in [7, 11) is 0. The maximum atomic E-state index is 12.0. The third-order valence-electron chi connectivity index (χ3n) is 3.02. The number of hydrogen-bond donors (Lipinski definition) is 2. The minimum Gasteiger partial charge on any atom is -0.352 e. The fourth-order valence-electron chi connectivity index (χ4n) is 1.60. The van der Waals surface area contributed by atoms with Gasteiger partial charge in [-0.25, -0.2) is 0 Å². The number of rotatable bonds is 5. The van der Waals surface area contributed by atoms with E-state index < -0.39 is 6.04 Å². The van der Waals surface area contributed by atoms with Crippen LogP contribution >= 0.6 is 0 Å². The number of aryl methyl sites for hydroxylation is 1. The summed E-state index contributed by atoms with van der Waals surface area (Å²) in [5.41, 5.74) is 1.59. The van der Waals surface area contributed by atoms with Crippen LogP contribution in [0.1, 0.15) is 43.1 Å². The lowest BCUT2D eigenvalue weighted by Crippen LogP contribution is -2.47. The summed E-state index contributed by atoms with van der Waals surface area (Å²) in [5.74, 6) is -0.383. The monoisotopic (exact) mass is 262 g/mol. The summed E-state index contributed by atoms with van der Waals surface area (Å²) in [4.78, 5) is 23.8. The van der Waals surface area contributed by atoms with Gasteiger partial charge in [0.15, 0.2) is 0 Å². The van der Waals surface area contributed by atoms with Crippen molar-refractivity contribution in [3.8, 4) is 0 Å². The maximum Gasteiger partial charge on any atom is 0.251 e. The van der Waals surface area contributed by atoms with Crippen LogP contribution in [0, 0.1) is 6.92 Å². The second kappa shape index (κ2) is 6.92. The molecular weight excluding hydrogens is 240 g/mol. The highest BCUT2D eigenvalue weighted by Gasteiger charge is 2.17. The molecule has 0 spiro atoms. The molecule has 0 saturated carbocycles. The van der Waals surface area contributed by atoms with Crippen LogP contribution in [0.2, 0.25) is 0 Å². The van der Waals surface area contributed by atoms with Crippen LogP contribution in [0.5, 0.6) is 0 Å². The molecule has 1 aromatic carbocycles. The van der Waals surface area contributed by atoms with Crippen molar-refractivity contribution in [1.29, 1.82) is 0 Å². The van der Waals surface area contributed by atoms with Crippen molar-refractivity contribution in [3.63, 3.8) is 0 Å². The summed E-state index contributed by atoms with van der Waals surface area (Å²) < 4.78 is 0. The average molecular weight is 262 g/mol. The van der Waals surface area contributed by atoms with Gasteiger partial charge in [0.1, 0.15) is 6.04 Å². The molecule has 0 heterocycles. The highest BCUT2D eigenvalue weighted by Crippen LogP contribution is 2.04. The van der Waals surface area contributed by atoms with Crippen molar-refractivity contribution < 1.29 is 9.59 Å². The Hall–Kier alpha value is -1.84. The largest absolute Gasteiger partial charge is 0.352 e. The highest BCUT2D eigenvalue weighted by molar-refractivity contribution is 5.97. The summed E-state index contributed by atoms with van der Waals surface area (Å²) in [6, 6.07) is 6.87. The first-order valence-corrected chi connectivity index (χ1v) is 6.62. The van der Waals surface area contributed by atoms with E-state index in [4.69, 9.17) is 0 Å². The molecule has 0 aliphatic carbocycles. The van der Waals surface area contributed by atoms with Crippen molar-refractivity contribution in [3.05, 3.63) is 35.4 Å². The Kier molecular flexibility index (Phi) is 5.55. The first kappa shape index (κ1) is 15.2. The minimum atomic E-state index is -0.540. The van der Waals surface area contributed by atoms with Crippen LogP contribution in [0.4, 0.5) is 0 Å². The van der Waals surface area contributed by atoms with E-state index in [1.54, 1.807) is 19.1 Å². The number of amides is 2. The van der Waals surface area contributed by atoms with Gasteiger partial charge in [-0.3, -0.25) is 9.59 Å². The first-order valence-electron chi connectivity index (χ1n) is 6.62. The summed E-state index contributed by atoms with van der Waals surface area (Å²) in [6.07, 6.45) is 0.865. The molecule has 0 saturated heterocycles. The lowest BCUT2D eigenvalue weighted by molar-refractivity contribution is -0.123. The Morgan fingerprint density at radius 3 is 2.47 bits per heavy atom. The topological polar surface area (TPSA) is 58.2 Å². The second-order valence-corrected chi connectivity index (χ2v) is 4.88. The first-order chi connectivity index (χ1) is 8.93. The molecule has 104 valence electrons. The third-order valence-corrected chi connectivity index (χ3v) is 3.02. The predicted molar refractivity (Wildman–Crippen MR) is 76.0 cm³/mol. The molecule has 1 aromatic rings. The average Bonchev–Trinajstić information content (AvgIpc) is 2.38. The summed E-state index contributed by atoms with van der Waals surface area (Å²) in [5, 5.41) is 5.55. The van der Waals surface area contributed by atoms with E-state index in [1.165, 1.54) is 0 Å². The number of benzene rings is 1. The molecule has 0 aliphatic rings. The molecule has 4 heteroatoms. The number of carbonyl (C=O) groups excluding carboxylic acids is 2. The standard InChI is InChI=1S/C15H22N2O2/c1-5-11(3)16-14(18)12(4)17-15(19)13-8-6-7-10(2)9-13/h6-9,11-12H,5H2,1-4H3,(H,16,18)(H,17,19). The predicted octanol–water partition coefficient (Wildman–Crippen LogP) is 2.03. The smallest absolute Gasteiger partial charge is 0.251 e. The van der Waals surface area contributed by atoms with Gasteiger partial charge in [0, 0.05) is 11.6 Å². The molecular formula is C15H22N2O2. The quantitative estimate of drug-likeness (QED) is 0.853. The van der Waals surface area contributed by atoms with Crippen molar-refractivity contribution in [2.24, 2.45) is 0 Å². The Morgan fingerprint density at radius 1 is 1.21 bits per heavy atom. The Labute approximate surface area is 114 Å². The van der Waals surface area contributed by atoms with Crippen LogP contribution in [0.25, 0.3) is 0 Å². The fourth-order valence-corrected chi connectivity index (χ4v) is 1.60. The van der Waals surface area contributed by atoms with Gasteiger partial charge >= 0.3 is 0 Å². The van der Waals surface area contributed by atoms with Gasteiger partial charge in [-0.15, -0.1) is 0 Å². The van der Waals surface area contributed by atoms with E-state index in [9.17, 15) is 9.59 Å². The number of carbonyl (C=O) groups is 2. The second-order valence-electron chi connectivity index (χ2n) is 4.88. The normalized spacial score (nSPS) is 13.5. The Morgan fingerprint density at radius 2 is 1.89 bits per heavy atom. The molecule has 0 radical (unpaired) electrons. The van der Waals surface area contributed by atoms with Crippen molar-refractivity contribution >= 4 is 11.8 Å². The SMILES string of the molecule is CCC(C)NC(=O)C(C)NC(=O)c1cccc(C)c1. The van der Waals surface area contributed by atoms with Crippen molar-refractivity contribution in [1.82, 2.24) is 10.6 Å². The fraction of sp³-hybridized carbons (Fsp3) is 0.467. The zero-order valence-electron chi connectivity index (χ0n) is 12.0. The minimum absolute atomic E-state index is 0.117. The lowest BCUT2D eigenvalue weighted by atomic mass is 10.1. The van der Waals surface area contributed by atoms with Gasteiger partial charge in [0.25, 0.3) is 5.91 Å². The van der Waals surface area contributed by atoms with Gasteiger partial charge in [-0.1, -0.05) is 24.6 Å². The molecule has 1 rings (SSSR count). The van der Waals surface area contributed by atoms with E-state index in [0.717, 1.165) is 12.0 Å². The molecule has 0 bridgehead atoms. The van der Waals surface area contributed by atoms with E-state index in [0.29, 0.717) is 5.56 Å². The molecule has 2 atom stereocenters. The van der Waals surface area contributed by atoms with Gasteiger partial charge < -0.3 is 10.6 Å². The van der Waals surface area contributed by atoms with Crippen LogP contribution in [0.3, 0.4) is 0 Å². The molecule has 4 nitrogen and oxygen atoms in total. The van der Waals surface area contributed by atoms with Crippen LogP contribution in [0.15, 0.2) is 24.3 Å². The van der Waals surface area contributed by atoms with Crippen LogP contribution in [-0.4, -0.2) is 23.9 Å². The van der Waals surface area contributed by atoms with Gasteiger partial charge in [0.2, 0.25) is 5.91 Å². The Balaban J connectivity index is 2.59. The molecule has 0 aromatic heterocycles. The molecule has 0 aliphatic heterocycles. The maximum absolute atomic E-state index is 12.0. The van der Waals surface area contributed by atoms with Crippen molar-refractivity contribution in [2.75, 3.05) is 0 Å². The molecule has 2 amide bonds. The van der Waals surface area contributed by atoms with Gasteiger partial charge in [-0.05, 0) is 39.3 Å². The van der Waals surface area contributed by atoms with Crippen LogP contribution in [-0.2, 0) is 4.79 Å². The highest BCUT2D eigenvalue weighted by atomic mass is 16.2. The van der Waals surface area contributed by atoms with Crippen LogP contribution < -0.4 is 10.6 Å². The third kappa shape index (κ3) is 4.73. The van der Waals surface area contributed by atoms with Gasteiger partial charge in [0.05, 0.1) is 0 Å².